The maximum atomic E-state index is 15.2. The molecular weight excluding hydrogens is 427 g/mol. The van der Waals surface area contributed by atoms with Crippen molar-refractivity contribution in [1.82, 2.24) is 4.90 Å². The summed E-state index contributed by atoms with van der Waals surface area (Å²) in [7, 11) is 8.03. The van der Waals surface area contributed by atoms with Crippen LogP contribution in [-0.2, 0) is 4.79 Å². The number of ether oxygens (including phenoxy) is 4. The number of benzene rings is 2. The molecule has 0 aromatic heterocycles. The van der Waals surface area contributed by atoms with Crippen LogP contribution < -0.4 is 24.3 Å². The van der Waals surface area contributed by atoms with Crippen LogP contribution in [0, 0.1) is 5.92 Å². The molecule has 1 amide bonds. The molecule has 0 saturated carbocycles. The first-order valence-electron chi connectivity index (χ1n) is 10.7. The van der Waals surface area contributed by atoms with E-state index in [1.165, 1.54) is 34.5 Å². The first-order chi connectivity index (χ1) is 15.9. The number of hydrogen-bond donors (Lipinski definition) is 1. The van der Waals surface area contributed by atoms with Gasteiger partial charge in [-0.15, -0.1) is 0 Å². The van der Waals surface area contributed by atoms with Crippen molar-refractivity contribution in [2.75, 3.05) is 53.9 Å². The number of anilines is 1. The second kappa shape index (κ2) is 11.0. The zero-order valence-corrected chi connectivity index (χ0v) is 19.7. The van der Waals surface area contributed by atoms with Crippen molar-refractivity contribution in [2.45, 2.75) is 12.8 Å². The summed E-state index contributed by atoms with van der Waals surface area (Å²) in [5.41, 5.74) is 1.35. The number of hydrogen-bond acceptors (Lipinski definition) is 6. The van der Waals surface area contributed by atoms with E-state index < -0.39 is 5.83 Å². The first kappa shape index (κ1) is 24.4. The Bertz CT molecular complexity index is 991. The largest absolute Gasteiger partial charge is 0.495 e. The zero-order chi connectivity index (χ0) is 24.0. The van der Waals surface area contributed by atoms with E-state index in [1.54, 1.807) is 30.3 Å². The Hall–Kier alpha value is -3.26. The summed E-state index contributed by atoms with van der Waals surface area (Å²) in [6.45, 7) is 1.77. The molecule has 2 aromatic carbocycles. The average Bonchev–Trinajstić information content (AvgIpc) is 2.83. The van der Waals surface area contributed by atoms with Crippen molar-refractivity contribution in [3.8, 4) is 23.0 Å². The number of carbonyl (C=O) groups excluding carboxylic acids is 1. The number of nitrogens with one attached hydrogen (secondary N) is 1. The molecule has 0 bridgehead atoms. The number of carbonyl (C=O) groups is 1. The van der Waals surface area contributed by atoms with Crippen molar-refractivity contribution >= 4 is 23.5 Å². The standard InChI is InChI=1S/C25H31FN2O5/c1-28-10-8-17(9-11-28)25(29)27-20-13-16(6-7-21(20)30-2)12-19(26)18-14-22(31-3)24(33-5)23(15-18)32-4/h6-7,12-15,17H,8-11H2,1-5H3,(H,27,29)/b19-12+. The van der Waals surface area contributed by atoms with Crippen LogP contribution in [-0.4, -0.2) is 59.4 Å². The molecule has 1 heterocycles. The van der Waals surface area contributed by atoms with Crippen LogP contribution in [0.2, 0.25) is 0 Å². The SMILES string of the molecule is COc1ccc(/C=C(/F)c2cc(OC)c(OC)c(OC)c2)cc1NC(=O)C1CCN(C)CC1. The Balaban J connectivity index is 1.87. The number of nitrogens with zero attached hydrogens (tertiary/aromatic N) is 1. The van der Waals surface area contributed by atoms with E-state index in [0.29, 0.717) is 34.2 Å². The summed E-state index contributed by atoms with van der Waals surface area (Å²) in [5.74, 6) is 1.02. The summed E-state index contributed by atoms with van der Waals surface area (Å²) >= 11 is 0. The number of amides is 1. The molecule has 1 fully saturated rings. The molecule has 1 aliphatic heterocycles. The number of rotatable bonds is 8. The highest BCUT2D eigenvalue weighted by molar-refractivity contribution is 5.94. The molecule has 7 nitrogen and oxygen atoms in total. The van der Waals surface area contributed by atoms with Crippen LogP contribution in [0.4, 0.5) is 10.1 Å². The van der Waals surface area contributed by atoms with E-state index in [0.717, 1.165) is 25.9 Å². The molecule has 178 valence electrons. The Morgan fingerprint density at radius 1 is 0.970 bits per heavy atom. The first-order valence-corrected chi connectivity index (χ1v) is 10.7. The molecule has 8 heteroatoms. The van der Waals surface area contributed by atoms with E-state index in [2.05, 4.69) is 17.3 Å². The van der Waals surface area contributed by atoms with Gasteiger partial charge in [0.25, 0.3) is 0 Å². The van der Waals surface area contributed by atoms with Gasteiger partial charge in [0.15, 0.2) is 11.5 Å². The van der Waals surface area contributed by atoms with Crippen molar-refractivity contribution in [3.05, 3.63) is 41.5 Å². The van der Waals surface area contributed by atoms with Crippen LogP contribution in [0.1, 0.15) is 24.0 Å². The average molecular weight is 459 g/mol. The number of halogens is 1. The fourth-order valence-corrected chi connectivity index (χ4v) is 3.87. The minimum Gasteiger partial charge on any atom is -0.495 e. The van der Waals surface area contributed by atoms with Crippen molar-refractivity contribution in [3.63, 3.8) is 0 Å². The van der Waals surface area contributed by atoms with Gasteiger partial charge < -0.3 is 29.2 Å². The molecule has 0 radical (unpaired) electrons. The Labute approximate surface area is 194 Å². The predicted octanol–water partition coefficient (Wildman–Crippen LogP) is 4.47. The van der Waals surface area contributed by atoms with Gasteiger partial charge in [-0.05, 0) is 68.9 Å². The van der Waals surface area contributed by atoms with Crippen molar-refractivity contribution < 1.29 is 28.1 Å². The third kappa shape index (κ3) is 5.76. The van der Waals surface area contributed by atoms with Gasteiger partial charge in [-0.3, -0.25) is 4.79 Å². The lowest BCUT2D eigenvalue weighted by molar-refractivity contribution is -0.121. The van der Waals surface area contributed by atoms with E-state index in [4.69, 9.17) is 18.9 Å². The number of piperidine rings is 1. The minimum absolute atomic E-state index is 0.0485. The van der Waals surface area contributed by atoms with Gasteiger partial charge in [0, 0.05) is 11.5 Å². The highest BCUT2D eigenvalue weighted by Gasteiger charge is 2.24. The van der Waals surface area contributed by atoms with Crippen molar-refractivity contribution in [2.24, 2.45) is 5.92 Å². The summed E-state index contributed by atoms with van der Waals surface area (Å²) in [6, 6.07) is 8.21. The molecule has 0 spiro atoms. The molecule has 33 heavy (non-hydrogen) atoms. The second-order valence-electron chi connectivity index (χ2n) is 7.93. The molecule has 0 unspecified atom stereocenters. The molecule has 1 saturated heterocycles. The van der Waals surface area contributed by atoms with Gasteiger partial charge >= 0.3 is 0 Å². The van der Waals surface area contributed by atoms with E-state index in [-0.39, 0.29) is 17.4 Å². The van der Waals surface area contributed by atoms with Gasteiger partial charge in [-0.25, -0.2) is 4.39 Å². The van der Waals surface area contributed by atoms with E-state index in [1.807, 2.05) is 0 Å². The molecule has 0 aliphatic carbocycles. The van der Waals surface area contributed by atoms with E-state index >= 15 is 4.39 Å². The fourth-order valence-electron chi connectivity index (χ4n) is 3.87. The summed E-state index contributed by atoms with van der Waals surface area (Å²) in [4.78, 5) is 15.0. The smallest absolute Gasteiger partial charge is 0.227 e. The Kier molecular flexibility index (Phi) is 8.16. The lowest BCUT2D eigenvalue weighted by Crippen LogP contribution is -2.35. The van der Waals surface area contributed by atoms with Crippen LogP contribution in [0.5, 0.6) is 23.0 Å². The Morgan fingerprint density at radius 2 is 1.58 bits per heavy atom. The highest BCUT2D eigenvalue weighted by Crippen LogP contribution is 2.40. The third-order valence-electron chi connectivity index (χ3n) is 5.80. The summed E-state index contributed by atoms with van der Waals surface area (Å²) in [5, 5.41) is 2.96. The zero-order valence-electron chi connectivity index (χ0n) is 19.7. The summed E-state index contributed by atoms with van der Waals surface area (Å²) in [6.07, 6.45) is 2.99. The van der Waals surface area contributed by atoms with Crippen LogP contribution in [0.25, 0.3) is 11.9 Å². The van der Waals surface area contributed by atoms with E-state index in [9.17, 15) is 4.79 Å². The predicted molar refractivity (Wildman–Crippen MR) is 127 cm³/mol. The van der Waals surface area contributed by atoms with Crippen molar-refractivity contribution in [1.29, 1.82) is 0 Å². The normalized spacial score (nSPS) is 15.2. The highest BCUT2D eigenvalue weighted by atomic mass is 19.1. The van der Waals surface area contributed by atoms with Crippen LogP contribution in [0.3, 0.4) is 0 Å². The molecule has 1 aliphatic rings. The van der Waals surface area contributed by atoms with Crippen LogP contribution in [0.15, 0.2) is 30.3 Å². The van der Waals surface area contributed by atoms with Gasteiger partial charge in [0.05, 0.1) is 34.1 Å². The minimum atomic E-state index is -0.494. The maximum absolute atomic E-state index is 15.2. The lowest BCUT2D eigenvalue weighted by Gasteiger charge is -2.28. The number of likely N-dealkylation sites (tertiary alicyclic amines) is 1. The monoisotopic (exact) mass is 458 g/mol. The summed E-state index contributed by atoms with van der Waals surface area (Å²) < 4.78 is 36.5. The topological polar surface area (TPSA) is 69.3 Å². The quantitative estimate of drug-likeness (QED) is 0.589. The van der Waals surface area contributed by atoms with Gasteiger partial charge in [-0.2, -0.15) is 0 Å². The van der Waals surface area contributed by atoms with Gasteiger partial charge in [-0.1, -0.05) is 6.07 Å². The third-order valence-corrected chi connectivity index (χ3v) is 5.80. The Morgan fingerprint density at radius 3 is 2.12 bits per heavy atom. The lowest BCUT2D eigenvalue weighted by atomic mass is 9.96. The molecule has 2 aromatic rings. The van der Waals surface area contributed by atoms with Crippen LogP contribution >= 0.6 is 0 Å². The second-order valence-corrected chi connectivity index (χ2v) is 7.93. The number of methoxy groups -OCH3 is 4. The molecule has 3 rings (SSSR count). The molecular formula is C25H31FN2O5. The molecule has 0 atom stereocenters. The van der Waals surface area contributed by atoms with Gasteiger partial charge in [0.2, 0.25) is 11.7 Å². The van der Waals surface area contributed by atoms with Gasteiger partial charge in [0.1, 0.15) is 11.6 Å². The maximum Gasteiger partial charge on any atom is 0.227 e. The molecule has 1 N–H and O–H groups in total. The fraction of sp³-hybridized carbons (Fsp3) is 0.400.